The lowest BCUT2D eigenvalue weighted by atomic mass is 9.93. The summed E-state index contributed by atoms with van der Waals surface area (Å²) in [6.07, 6.45) is 1.17. The van der Waals surface area contributed by atoms with E-state index < -0.39 is 0 Å². The second kappa shape index (κ2) is 4.93. The lowest BCUT2D eigenvalue weighted by Gasteiger charge is -2.46. The van der Waals surface area contributed by atoms with Gasteiger partial charge in [-0.15, -0.1) is 0 Å². The largest absolute Gasteiger partial charge is 0.366 e. The molecule has 1 aromatic rings. The van der Waals surface area contributed by atoms with Crippen LogP contribution in [0.5, 0.6) is 0 Å². The fourth-order valence-electron chi connectivity index (χ4n) is 2.79. The van der Waals surface area contributed by atoms with Crippen molar-refractivity contribution in [1.29, 1.82) is 0 Å². The summed E-state index contributed by atoms with van der Waals surface area (Å²) in [6, 6.07) is 7.43. The van der Waals surface area contributed by atoms with Crippen molar-refractivity contribution >= 4 is 5.69 Å². The van der Waals surface area contributed by atoms with Crippen LogP contribution in [-0.2, 0) is 0 Å². The molecule has 100 valence electrons. The minimum Gasteiger partial charge on any atom is -0.366 e. The van der Waals surface area contributed by atoms with Crippen LogP contribution in [0, 0.1) is 13.8 Å². The normalized spacial score (nSPS) is 28.5. The molecular formula is C16H26N2. The number of piperazine rings is 1. The van der Waals surface area contributed by atoms with E-state index in [0.29, 0.717) is 6.04 Å². The van der Waals surface area contributed by atoms with E-state index in [1.54, 1.807) is 0 Å². The van der Waals surface area contributed by atoms with Gasteiger partial charge in [-0.25, -0.2) is 0 Å². The van der Waals surface area contributed by atoms with Gasteiger partial charge < -0.3 is 10.2 Å². The smallest absolute Gasteiger partial charge is 0.0387 e. The van der Waals surface area contributed by atoms with Gasteiger partial charge in [-0.1, -0.05) is 13.0 Å². The highest BCUT2D eigenvalue weighted by Crippen LogP contribution is 2.26. The maximum Gasteiger partial charge on any atom is 0.0387 e. The first-order valence-corrected chi connectivity index (χ1v) is 7.03. The summed E-state index contributed by atoms with van der Waals surface area (Å²) in [7, 11) is 0. The molecule has 0 spiro atoms. The Balaban J connectivity index is 2.29. The summed E-state index contributed by atoms with van der Waals surface area (Å²) in [4.78, 5) is 2.56. The first-order valence-electron chi connectivity index (χ1n) is 7.03. The van der Waals surface area contributed by atoms with Crippen molar-refractivity contribution in [3.8, 4) is 0 Å². The van der Waals surface area contributed by atoms with Gasteiger partial charge in [0.1, 0.15) is 0 Å². The minimum absolute atomic E-state index is 0.240. The number of nitrogens with one attached hydrogen (secondary N) is 1. The molecule has 2 heteroatoms. The fraction of sp³-hybridized carbons (Fsp3) is 0.625. The van der Waals surface area contributed by atoms with Gasteiger partial charge in [0.25, 0.3) is 0 Å². The Morgan fingerprint density at radius 1 is 1.28 bits per heavy atom. The molecule has 1 aliphatic rings. The molecule has 1 saturated heterocycles. The first-order chi connectivity index (χ1) is 8.43. The van der Waals surface area contributed by atoms with E-state index in [1.807, 2.05) is 0 Å². The molecule has 0 bridgehead atoms. The van der Waals surface area contributed by atoms with Gasteiger partial charge in [0.15, 0.2) is 0 Å². The lowest BCUT2D eigenvalue weighted by molar-refractivity contribution is 0.285. The Bertz CT molecular complexity index is 407. The van der Waals surface area contributed by atoms with Crippen molar-refractivity contribution in [2.75, 3.05) is 18.0 Å². The zero-order valence-electron chi connectivity index (χ0n) is 12.4. The summed E-state index contributed by atoms with van der Waals surface area (Å²) in [5.41, 5.74) is 4.33. The third kappa shape index (κ3) is 2.69. The van der Waals surface area contributed by atoms with Crippen LogP contribution < -0.4 is 10.2 Å². The number of nitrogens with zero attached hydrogens (tertiary/aromatic N) is 1. The maximum absolute atomic E-state index is 3.68. The van der Waals surface area contributed by atoms with Gasteiger partial charge in [-0.05, 0) is 57.4 Å². The molecule has 1 aromatic carbocycles. The van der Waals surface area contributed by atoms with Crippen molar-refractivity contribution in [2.45, 2.75) is 52.6 Å². The molecule has 0 radical (unpaired) electrons. The quantitative estimate of drug-likeness (QED) is 0.861. The van der Waals surface area contributed by atoms with E-state index in [4.69, 9.17) is 0 Å². The minimum atomic E-state index is 0.240. The highest BCUT2D eigenvalue weighted by atomic mass is 15.2. The van der Waals surface area contributed by atoms with Crippen molar-refractivity contribution in [3.63, 3.8) is 0 Å². The zero-order chi connectivity index (χ0) is 13.3. The van der Waals surface area contributed by atoms with Gasteiger partial charge in [0, 0.05) is 30.4 Å². The number of hydrogen-bond donors (Lipinski definition) is 1. The third-order valence-corrected chi connectivity index (χ3v) is 4.19. The van der Waals surface area contributed by atoms with Crippen LogP contribution in [0.15, 0.2) is 18.2 Å². The van der Waals surface area contributed by atoms with Crippen LogP contribution in [0.25, 0.3) is 0 Å². The Morgan fingerprint density at radius 3 is 2.44 bits per heavy atom. The standard InChI is InChI=1S/C16H26N2/c1-6-16(5)11-18(14(4)10-17-16)15-8-12(2)7-13(3)9-15/h7-9,14,17H,6,10-11H2,1-5H3. The van der Waals surface area contributed by atoms with E-state index in [9.17, 15) is 0 Å². The monoisotopic (exact) mass is 246 g/mol. The molecule has 1 heterocycles. The van der Waals surface area contributed by atoms with Crippen LogP contribution in [0.3, 0.4) is 0 Å². The Morgan fingerprint density at radius 2 is 1.89 bits per heavy atom. The molecule has 18 heavy (non-hydrogen) atoms. The number of rotatable bonds is 2. The van der Waals surface area contributed by atoms with Gasteiger partial charge in [0.05, 0.1) is 0 Å². The van der Waals surface area contributed by atoms with Gasteiger partial charge in [-0.3, -0.25) is 0 Å². The number of aryl methyl sites for hydroxylation is 2. The second-order valence-electron chi connectivity index (χ2n) is 6.12. The van der Waals surface area contributed by atoms with Crippen LogP contribution in [0.2, 0.25) is 0 Å². The van der Waals surface area contributed by atoms with Crippen molar-refractivity contribution < 1.29 is 0 Å². The van der Waals surface area contributed by atoms with Crippen LogP contribution in [-0.4, -0.2) is 24.7 Å². The molecular weight excluding hydrogens is 220 g/mol. The van der Waals surface area contributed by atoms with Crippen LogP contribution in [0.1, 0.15) is 38.3 Å². The van der Waals surface area contributed by atoms with Gasteiger partial charge >= 0.3 is 0 Å². The third-order valence-electron chi connectivity index (χ3n) is 4.19. The molecule has 0 aromatic heterocycles. The zero-order valence-corrected chi connectivity index (χ0v) is 12.4. The average Bonchev–Trinajstić information content (AvgIpc) is 2.31. The molecule has 0 aliphatic carbocycles. The SMILES string of the molecule is CCC1(C)CN(c2cc(C)cc(C)c2)C(C)CN1. The number of hydrogen-bond acceptors (Lipinski definition) is 2. The topological polar surface area (TPSA) is 15.3 Å². The highest BCUT2D eigenvalue weighted by Gasteiger charge is 2.32. The molecule has 2 atom stereocenters. The van der Waals surface area contributed by atoms with Crippen molar-refractivity contribution in [3.05, 3.63) is 29.3 Å². The molecule has 2 unspecified atom stereocenters. The number of anilines is 1. The summed E-state index contributed by atoms with van der Waals surface area (Å²) >= 11 is 0. The Kier molecular flexibility index (Phi) is 3.67. The first kappa shape index (κ1) is 13.4. The lowest BCUT2D eigenvalue weighted by Crippen LogP contribution is -2.62. The van der Waals surface area contributed by atoms with Gasteiger partial charge in [0.2, 0.25) is 0 Å². The second-order valence-corrected chi connectivity index (χ2v) is 6.12. The summed E-state index contributed by atoms with van der Waals surface area (Å²) in [5, 5.41) is 3.68. The van der Waals surface area contributed by atoms with E-state index in [1.165, 1.54) is 23.2 Å². The Hall–Kier alpha value is -1.02. The average molecular weight is 246 g/mol. The molecule has 0 saturated carbocycles. The van der Waals surface area contributed by atoms with E-state index >= 15 is 0 Å². The molecule has 2 nitrogen and oxygen atoms in total. The summed E-state index contributed by atoms with van der Waals surface area (Å²) in [5.74, 6) is 0. The van der Waals surface area contributed by atoms with E-state index in [-0.39, 0.29) is 5.54 Å². The molecule has 1 N–H and O–H groups in total. The molecule has 2 rings (SSSR count). The van der Waals surface area contributed by atoms with E-state index in [0.717, 1.165) is 13.1 Å². The highest BCUT2D eigenvalue weighted by molar-refractivity contribution is 5.52. The fourth-order valence-corrected chi connectivity index (χ4v) is 2.79. The van der Waals surface area contributed by atoms with Crippen molar-refractivity contribution in [1.82, 2.24) is 5.32 Å². The molecule has 1 aliphatic heterocycles. The number of benzene rings is 1. The van der Waals surface area contributed by atoms with E-state index in [2.05, 4.69) is 63.0 Å². The predicted octanol–water partition coefficient (Wildman–Crippen LogP) is 3.27. The van der Waals surface area contributed by atoms with Crippen molar-refractivity contribution in [2.24, 2.45) is 0 Å². The predicted molar refractivity (Wildman–Crippen MR) is 79.4 cm³/mol. The summed E-state index contributed by atoms with van der Waals surface area (Å²) < 4.78 is 0. The van der Waals surface area contributed by atoms with Crippen LogP contribution >= 0.6 is 0 Å². The van der Waals surface area contributed by atoms with Gasteiger partial charge in [-0.2, -0.15) is 0 Å². The molecule has 0 amide bonds. The maximum atomic E-state index is 3.68. The Labute approximate surface area is 111 Å². The summed E-state index contributed by atoms with van der Waals surface area (Å²) in [6.45, 7) is 13.4. The van der Waals surface area contributed by atoms with Crippen LogP contribution in [0.4, 0.5) is 5.69 Å². The molecule has 1 fully saturated rings.